The Morgan fingerprint density at radius 2 is 2.00 bits per heavy atom. The molecule has 3 amide bonds. The van der Waals surface area contributed by atoms with E-state index in [-0.39, 0.29) is 18.5 Å². The van der Waals surface area contributed by atoms with E-state index in [1.807, 2.05) is 24.3 Å². The normalized spacial score (nSPS) is 19.2. The number of imide groups is 1. The van der Waals surface area contributed by atoms with Crippen molar-refractivity contribution in [1.29, 1.82) is 0 Å². The fourth-order valence-corrected chi connectivity index (χ4v) is 4.46. The van der Waals surface area contributed by atoms with Gasteiger partial charge in [0.25, 0.3) is 5.91 Å². The van der Waals surface area contributed by atoms with Gasteiger partial charge in [0.15, 0.2) is 0 Å². The number of nitrogens with zero attached hydrogens (tertiary/aromatic N) is 4. The highest BCUT2D eigenvalue weighted by molar-refractivity contribution is 6.07. The Labute approximate surface area is 176 Å². The highest BCUT2D eigenvalue weighted by Gasteiger charge is 2.57. The Balaban J connectivity index is 1.51. The second-order valence-electron chi connectivity index (χ2n) is 7.93. The van der Waals surface area contributed by atoms with Gasteiger partial charge in [-0.05, 0) is 37.5 Å². The average molecular weight is 412 g/mol. The maximum atomic E-state index is 13.5. The van der Waals surface area contributed by atoms with Crippen molar-refractivity contribution in [2.45, 2.75) is 37.9 Å². The SMILES string of the molecule is COCCCN1C(=O)N(Cc2ccccn2)C(=O)C12CCN(Cc1ccoc1)CC2. The summed E-state index contributed by atoms with van der Waals surface area (Å²) in [4.78, 5) is 36.6. The highest BCUT2D eigenvalue weighted by Crippen LogP contribution is 2.38. The first-order valence-electron chi connectivity index (χ1n) is 10.4. The zero-order valence-electron chi connectivity index (χ0n) is 17.3. The lowest BCUT2D eigenvalue weighted by molar-refractivity contribution is -0.136. The molecule has 0 saturated carbocycles. The molecule has 160 valence electrons. The summed E-state index contributed by atoms with van der Waals surface area (Å²) >= 11 is 0. The van der Waals surface area contributed by atoms with E-state index in [0.29, 0.717) is 38.1 Å². The number of furan rings is 1. The first-order valence-corrected chi connectivity index (χ1v) is 10.4. The number of aromatic nitrogens is 1. The topological polar surface area (TPSA) is 79.1 Å². The molecule has 4 heterocycles. The van der Waals surface area contributed by atoms with Crippen LogP contribution in [0.2, 0.25) is 0 Å². The molecule has 30 heavy (non-hydrogen) atoms. The minimum atomic E-state index is -0.771. The largest absolute Gasteiger partial charge is 0.472 e. The van der Waals surface area contributed by atoms with E-state index >= 15 is 0 Å². The van der Waals surface area contributed by atoms with Crippen LogP contribution < -0.4 is 0 Å². The van der Waals surface area contributed by atoms with Gasteiger partial charge in [0, 0.05) is 51.7 Å². The summed E-state index contributed by atoms with van der Waals surface area (Å²) in [5, 5.41) is 0. The molecule has 2 fully saturated rings. The fraction of sp³-hybridized carbons (Fsp3) is 0.500. The van der Waals surface area contributed by atoms with Gasteiger partial charge in [0.1, 0.15) is 5.54 Å². The Hall–Kier alpha value is -2.71. The predicted molar refractivity (Wildman–Crippen MR) is 109 cm³/mol. The monoisotopic (exact) mass is 412 g/mol. The van der Waals surface area contributed by atoms with E-state index in [2.05, 4.69) is 9.88 Å². The van der Waals surface area contributed by atoms with E-state index in [1.165, 1.54) is 4.90 Å². The molecule has 0 unspecified atom stereocenters. The molecule has 0 bridgehead atoms. The lowest BCUT2D eigenvalue weighted by Crippen LogP contribution is -2.56. The molecule has 8 nitrogen and oxygen atoms in total. The highest BCUT2D eigenvalue weighted by atomic mass is 16.5. The molecule has 0 radical (unpaired) electrons. The smallest absolute Gasteiger partial charge is 0.328 e. The van der Waals surface area contributed by atoms with Gasteiger partial charge in [-0.15, -0.1) is 0 Å². The molecule has 2 aliphatic rings. The van der Waals surface area contributed by atoms with Gasteiger partial charge in [-0.2, -0.15) is 0 Å². The number of carbonyl (C=O) groups excluding carboxylic acids is 2. The van der Waals surface area contributed by atoms with Crippen molar-refractivity contribution in [3.05, 3.63) is 54.2 Å². The molecule has 0 aliphatic carbocycles. The molecular formula is C22H28N4O4. The van der Waals surface area contributed by atoms with Gasteiger partial charge in [-0.25, -0.2) is 4.79 Å². The van der Waals surface area contributed by atoms with Crippen molar-refractivity contribution in [2.24, 2.45) is 0 Å². The van der Waals surface area contributed by atoms with Crippen LogP contribution in [-0.4, -0.2) is 70.5 Å². The molecule has 2 aliphatic heterocycles. The molecule has 2 aromatic heterocycles. The number of piperidine rings is 1. The summed E-state index contributed by atoms with van der Waals surface area (Å²) in [6.45, 7) is 3.57. The molecule has 0 aromatic carbocycles. The summed E-state index contributed by atoms with van der Waals surface area (Å²) in [5.41, 5.74) is 1.06. The standard InChI is InChI=1S/C22H28N4O4/c1-29-13-4-10-26-21(28)25(16-19-5-2-3-9-23-19)20(27)22(26)7-11-24(12-8-22)15-18-6-14-30-17-18/h2-3,5-6,9,14,17H,4,7-8,10-13,15-16H2,1H3. The number of pyridine rings is 1. The number of hydrogen-bond donors (Lipinski definition) is 0. The van der Waals surface area contributed by atoms with Crippen LogP contribution in [0.25, 0.3) is 0 Å². The van der Waals surface area contributed by atoms with Gasteiger partial charge in [-0.1, -0.05) is 6.07 Å². The number of carbonyl (C=O) groups is 2. The van der Waals surface area contributed by atoms with Crippen molar-refractivity contribution >= 4 is 11.9 Å². The van der Waals surface area contributed by atoms with Crippen LogP contribution in [0.3, 0.4) is 0 Å². The van der Waals surface area contributed by atoms with E-state index < -0.39 is 5.54 Å². The molecule has 1 spiro atoms. The lowest BCUT2D eigenvalue weighted by atomic mass is 9.85. The Bertz CT molecular complexity index is 847. The van der Waals surface area contributed by atoms with Crippen LogP contribution in [0, 0.1) is 0 Å². The summed E-state index contributed by atoms with van der Waals surface area (Å²) in [6.07, 6.45) is 7.06. The van der Waals surface area contributed by atoms with E-state index in [0.717, 1.165) is 25.2 Å². The fourth-order valence-electron chi connectivity index (χ4n) is 4.46. The quantitative estimate of drug-likeness (QED) is 0.490. The third-order valence-electron chi connectivity index (χ3n) is 6.07. The molecule has 2 aromatic rings. The minimum absolute atomic E-state index is 0.0986. The zero-order valence-corrected chi connectivity index (χ0v) is 17.3. The number of methoxy groups -OCH3 is 1. The van der Waals surface area contributed by atoms with Crippen molar-refractivity contribution in [3.63, 3.8) is 0 Å². The molecule has 2 saturated heterocycles. The number of likely N-dealkylation sites (tertiary alicyclic amines) is 1. The molecule has 8 heteroatoms. The predicted octanol–water partition coefficient (Wildman–Crippen LogP) is 2.51. The summed E-state index contributed by atoms with van der Waals surface area (Å²) in [7, 11) is 1.65. The number of hydrogen-bond acceptors (Lipinski definition) is 6. The summed E-state index contributed by atoms with van der Waals surface area (Å²) in [6, 6.07) is 7.28. The van der Waals surface area contributed by atoms with Crippen molar-refractivity contribution < 1.29 is 18.7 Å². The zero-order chi connectivity index (χ0) is 21.0. The average Bonchev–Trinajstić information content (AvgIpc) is 3.34. The summed E-state index contributed by atoms with van der Waals surface area (Å²) in [5.74, 6) is -0.0986. The van der Waals surface area contributed by atoms with Gasteiger partial charge < -0.3 is 14.1 Å². The molecule has 4 rings (SSSR count). The van der Waals surface area contributed by atoms with Crippen LogP contribution >= 0.6 is 0 Å². The Kier molecular flexibility index (Phi) is 6.15. The second kappa shape index (κ2) is 8.97. The van der Waals surface area contributed by atoms with Crippen LogP contribution in [0.5, 0.6) is 0 Å². The van der Waals surface area contributed by atoms with E-state index in [9.17, 15) is 9.59 Å². The van der Waals surface area contributed by atoms with Crippen LogP contribution in [-0.2, 0) is 22.6 Å². The van der Waals surface area contributed by atoms with Crippen LogP contribution in [0.1, 0.15) is 30.5 Å². The van der Waals surface area contributed by atoms with Crippen LogP contribution in [0.4, 0.5) is 4.79 Å². The van der Waals surface area contributed by atoms with Crippen molar-refractivity contribution in [3.8, 4) is 0 Å². The molecule has 0 N–H and O–H groups in total. The van der Waals surface area contributed by atoms with Crippen molar-refractivity contribution in [2.75, 3.05) is 33.4 Å². The van der Waals surface area contributed by atoms with Gasteiger partial charge in [0.2, 0.25) is 0 Å². The van der Waals surface area contributed by atoms with E-state index in [1.54, 1.807) is 30.7 Å². The lowest BCUT2D eigenvalue weighted by Gasteiger charge is -2.42. The number of ether oxygens (including phenoxy) is 1. The Morgan fingerprint density at radius 3 is 2.67 bits per heavy atom. The Morgan fingerprint density at radius 1 is 1.17 bits per heavy atom. The maximum Gasteiger partial charge on any atom is 0.328 e. The molecule has 0 atom stereocenters. The second-order valence-corrected chi connectivity index (χ2v) is 7.93. The first-order chi connectivity index (χ1) is 14.6. The maximum absolute atomic E-state index is 13.5. The van der Waals surface area contributed by atoms with Gasteiger partial charge in [0.05, 0.1) is 24.8 Å². The third kappa shape index (κ3) is 3.97. The minimum Gasteiger partial charge on any atom is -0.472 e. The number of urea groups is 1. The van der Waals surface area contributed by atoms with Crippen LogP contribution in [0.15, 0.2) is 47.4 Å². The number of rotatable bonds is 8. The molecular weight excluding hydrogens is 384 g/mol. The van der Waals surface area contributed by atoms with Gasteiger partial charge >= 0.3 is 6.03 Å². The first kappa shape index (κ1) is 20.6. The van der Waals surface area contributed by atoms with E-state index in [4.69, 9.17) is 9.15 Å². The third-order valence-corrected chi connectivity index (χ3v) is 6.07. The van der Waals surface area contributed by atoms with Crippen molar-refractivity contribution in [1.82, 2.24) is 19.7 Å². The summed E-state index contributed by atoms with van der Waals surface area (Å²) < 4.78 is 10.3. The number of amides is 3. The van der Waals surface area contributed by atoms with Gasteiger partial charge in [-0.3, -0.25) is 19.6 Å².